The summed E-state index contributed by atoms with van der Waals surface area (Å²) in [5.41, 5.74) is 0.180. The summed E-state index contributed by atoms with van der Waals surface area (Å²) < 4.78 is 5.83. The highest BCUT2D eigenvalue weighted by molar-refractivity contribution is 6.30. The molecule has 8 nitrogen and oxygen atoms in total. The van der Waals surface area contributed by atoms with Gasteiger partial charge in [0.25, 0.3) is 11.5 Å². The van der Waals surface area contributed by atoms with Gasteiger partial charge in [0.2, 0.25) is 0 Å². The van der Waals surface area contributed by atoms with Crippen molar-refractivity contribution < 1.29 is 14.3 Å². The molecule has 140 valence electrons. The molecular formula is C18H17ClN4O4. The Morgan fingerprint density at radius 1 is 1.26 bits per heavy atom. The average molecular weight is 389 g/mol. The highest BCUT2D eigenvalue weighted by Crippen LogP contribution is 2.20. The van der Waals surface area contributed by atoms with Gasteiger partial charge in [-0.15, -0.1) is 0 Å². The molecule has 1 aromatic carbocycles. The lowest BCUT2D eigenvalue weighted by Gasteiger charge is -2.19. The first-order valence-electron chi connectivity index (χ1n) is 8.32. The van der Waals surface area contributed by atoms with Crippen LogP contribution in [0.4, 0.5) is 5.69 Å². The molecule has 3 aromatic rings. The van der Waals surface area contributed by atoms with Crippen molar-refractivity contribution in [2.45, 2.75) is 13.8 Å². The number of esters is 1. The predicted octanol–water partition coefficient (Wildman–Crippen LogP) is 2.52. The van der Waals surface area contributed by atoms with E-state index in [9.17, 15) is 14.4 Å². The zero-order valence-corrected chi connectivity index (χ0v) is 15.5. The topological polar surface area (TPSA) is 96.8 Å². The number of nitrogens with zero attached hydrogens (tertiary/aromatic N) is 3. The van der Waals surface area contributed by atoms with Crippen LogP contribution in [0.1, 0.15) is 34.7 Å². The van der Waals surface area contributed by atoms with Crippen molar-refractivity contribution >= 4 is 34.8 Å². The van der Waals surface area contributed by atoms with Gasteiger partial charge in [-0.1, -0.05) is 11.6 Å². The van der Waals surface area contributed by atoms with Gasteiger partial charge in [-0.05, 0) is 38.1 Å². The molecule has 0 aliphatic heterocycles. The number of aromatic amines is 1. The summed E-state index contributed by atoms with van der Waals surface area (Å²) in [4.78, 5) is 41.5. The zero-order chi connectivity index (χ0) is 19.6. The van der Waals surface area contributed by atoms with Crippen LogP contribution >= 0.6 is 11.6 Å². The third kappa shape index (κ3) is 3.56. The van der Waals surface area contributed by atoms with Gasteiger partial charge in [-0.25, -0.2) is 4.79 Å². The van der Waals surface area contributed by atoms with Crippen molar-refractivity contribution in [3.8, 4) is 0 Å². The van der Waals surface area contributed by atoms with E-state index in [0.717, 1.165) is 4.52 Å². The van der Waals surface area contributed by atoms with Crippen LogP contribution in [0, 0.1) is 0 Å². The van der Waals surface area contributed by atoms with Crippen LogP contribution in [0.2, 0.25) is 5.02 Å². The Morgan fingerprint density at radius 2 is 1.96 bits per heavy atom. The number of halogens is 1. The summed E-state index contributed by atoms with van der Waals surface area (Å²) in [5, 5.41) is 4.64. The van der Waals surface area contributed by atoms with Gasteiger partial charge >= 0.3 is 5.97 Å². The number of benzene rings is 1. The number of fused-ring (bicyclic) bond motifs is 1. The zero-order valence-electron chi connectivity index (χ0n) is 14.7. The van der Waals surface area contributed by atoms with Crippen molar-refractivity contribution in [2.24, 2.45) is 0 Å². The predicted molar refractivity (Wildman–Crippen MR) is 101 cm³/mol. The number of amides is 1. The van der Waals surface area contributed by atoms with E-state index in [1.807, 2.05) is 6.92 Å². The van der Waals surface area contributed by atoms with Crippen LogP contribution in [0.15, 0.2) is 41.3 Å². The minimum absolute atomic E-state index is 0.0705. The number of carbonyl (C=O) groups is 2. The number of hydrogen-bond donors (Lipinski definition) is 1. The third-order valence-electron chi connectivity index (χ3n) is 3.91. The molecule has 1 amide bonds. The normalized spacial score (nSPS) is 10.8. The lowest BCUT2D eigenvalue weighted by Crippen LogP contribution is -2.31. The van der Waals surface area contributed by atoms with E-state index in [0.29, 0.717) is 22.9 Å². The second-order valence-corrected chi connectivity index (χ2v) is 6.02. The summed E-state index contributed by atoms with van der Waals surface area (Å²) in [5.74, 6) is -1.13. The third-order valence-corrected chi connectivity index (χ3v) is 4.16. The highest BCUT2D eigenvalue weighted by atomic mass is 35.5. The smallest absolute Gasteiger partial charge is 0.345 e. The summed E-state index contributed by atoms with van der Waals surface area (Å²) in [7, 11) is 0. The second kappa shape index (κ2) is 7.63. The van der Waals surface area contributed by atoms with Gasteiger partial charge < -0.3 is 14.6 Å². The molecule has 0 fully saturated rings. The van der Waals surface area contributed by atoms with Crippen LogP contribution in [0.25, 0.3) is 5.65 Å². The van der Waals surface area contributed by atoms with E-state index in [1.165, 1.54) is 17.2 Å². The molecule has 1 N–H and O–H groups in total. The number of carbonyl (C=O) groups excluding carboxylic acids is 2. The first-order valence-corrected chi connectivity index (χ1v) is 8.70. The first-order chi connectivity index (χ1) is 13.0. The van der Waals surface area contributed by atoms with Crippen LogP contribution in [0.3, 0.4) is 0 Å². The molecule has 0 aliphatic carbocycles. The summed E-state index contributed by atoms with van der Waals surface area (Å²) in [6.45, 7) is 4.01. The quantitative estimate of drug-likeness (QED) is 0.677. The maximum absolute atomic E-state index is 12.9. The monoisotopic (exact) mass is 388 g/mol. The number of anilines is 1. The number of aromatic nitrogens is 3. The summed E-state index contributed by atoms with van der Waals surface area (Å²) in [6.07, 6.45) is 1.25. The maximum Gasteiger partial charge on any atom is 0.345 e. The molecule has 2 heterocycles. The van der Waals surface area contributed by atoms with E-state index >= 15 is 0 Å². The van der Waals surface area contributed by atoms with Crippen molar-refractivity contribution in [1.82, 2.24) is 14.6 Å². The minimum atomic E-state index is -0.750. The molecule has 2 aromatic heterocycles. The van der Waals surface area contributed by atoms with E-state index in [4.69, 9.17) is 16.3 Å². The standard InChI is InChI=1S/C18H17ClN4O4/c1-3-22(12-7-5-11(19)6-8-12)17(25)14-9-15-20-10-13(18(26)27-4-2)16(24)23(15)21-14/h5-10,20H,3-4H2,1-2H3. The fourth-order valence-electron chi connectivity index (χ4n) is 2.62. The molecule has 0 atom stereocenters. The maximum atomic E-state index is 12.9. The van der Waals surface area contributed by atoms with Crippen molar-refractivity contribution in [3.63, 3.8) is 0 Å². The Bertz CT molecular complexity index is 1060. The molecule has 0 radical (unpaired) electrons. The van der Waals surface area contributed by atoms with Gasteiger partial charge in [0.05, 0.1) is 6.61 Å². The molecule has 0 unspecified atom stereocenters. The number of H-pyrrole nitrogens is 1. The van der Waals surface area contributed by atoms with Crippen molar-refractivity contribution in [2.75, 3.05) is 18.1 Å². The molecular weight excluding hydrogens is 372 g/mol. The Balaban J connectivity index is 2.00. The van der Waals surface area contributed by atoms with E-state index < -0.39 is 11.5 Å². The fraction of sp³-hybridized carbons (Fsp3) is 0.222. The van der Waals surface area contributed by atoms with Crippen molar-refractivity contribution in [1.29, 1.82) is 0 Å². The second-order valence-electron chi connectivity index (χ2n) is 5.58. The number of ether oxygens (including phenoxy) is 1. The van der Waals surface area contributed by atoms with Gasteiger partial charge in [-0.2, -0.15) is 9.61 Å². The molecule has 3 rings (SSSR count). The van der Waals surface area contributed by atoms with E-state index in [2.05, 4.69) is 10.1 Å². The van der Waals surface area contributed by atoms with Crippen LogP contribution in [-0.2, 0) is 4.74 Å². The summed E-state index contributed by atoms with van der Waals surface area (Å²) in [6, 6.07) is 8.28. The Labute approximate surface area is 159 Å². The fourth-order valence-corrected chi connectivity index (χ4v) is 2.75. The first kappa shape index (κ1) is 18.7. The van der Waals surface area contributed by atoms with Crippen molar-refractivity contribution in [3.05, 3.63) is 63.2 Å². The number of hydrogen-bond acceptors (Lipinski definition) is 5. The number of nitrogens with one attached hydrogen (secondary N) is 1. The largest absolute Gasteiger partial charge is 0.462 e. The molecule has 9 heteroatoms. The molecule has 0 bridgehead atoms. The van der Waals surface area contributed by atoms with Gasteiger partial charge in [0.15, 0.2) is 5.69 Å². The Morgan fingerprint density at radius 3 is 2.59 bits per heavy atom. The van der Waals surface area contributed by atoms with Gasteiger partial charge in [-0.3, -0.25) is 9.59 Å². The molecule has 0 spiro atoms. The minimum Gasteiger partial charge on any atom is -0.462 e. The van der Waals surface area contributed by atoms with E-state index in [1.54, 1.807) is 31.2 Å². The SMILES string of the molecule is CCOC(=O)c1c[nH]c2cc(C(=O)N(CC)c3ccc(Cl)cc3)nn2c1=O. The summed E-state index contributed by atoms with van der Waals surface area (Å²) >= 11 is 5.89. The van der Waals surface area contributed by atoms with Crippen LogP contribution in [-0.4, -0.2) is 39.6 Å². The Kier molecular flexibility index (Phi) is 5.27. The molecule has 0 saturated carbocycles. The Hall–Kier alpha value is -3.13. The lowest BCUT2D eigenvalue weighted by molar-refractivity contribution is 0.0523. The molecule has 0 saturated heterocycles. The van der Waals surface area contributed by atoms with Crippen LogP contribution < -0.4 is 10.5 Å². The number of rotatable bonds is 5. The average Bonchev–Trinajstić information content (AvgIpc) is 3.09. The van der Waals surface area contributed by atoms with Gasteiger partial charge in [0.1, 0.15) is 11.2 Å². The van der Waals surface area contributed by atoms with Gasteiger partial charge in [0, 0.05) is 29.5 Å². The van der Waals surface area contributed by atoms with E-state index in [-0.39, 0.29) is 23.8 Å². The molecule has 0 aliphatic rings. The highest BCUT2D eigenvalue weighted by Gasteiger charge is 2.22. The lowest BCUT2D eigenvalue weighted by atomic mass is 10.2. The van der Waals surface area contributed by atoms with Crippen LogP contribution in [0.5, 0.6) is 0 Å². The molecule has 27 heavy (non-hydrogen) atoms.